The molecule has 0 radical (unpaired) electrons. The van der Waals surface area contributed by atoms with Crippen molar-refractivity contribution in [2.45, 2.75) is 20.0 Å². The quantitative estimate of drug-likeness (QED) is 0.620. The van der Waals surface area contributed by atoms with Crippen LogP contribution in [0.5, 0.6) is 11.5 Å². The number of ketones is 1. The van der Waals surface area contributed by atoms with Crippen LogP contribution in [0.25, 0.3) is 6.08 Å². The molecule has 0 fully saturated rings. The number of allylic oxidation sites excluding steroid dienone is 1. The standard InChI is InChI=1S/C22H18N2O3S/c1-14-21-16(11-24(13-26-21)12-17-3-2-8-28-17)10-18-20(25)19(27-22(14)18)9-15-4-6-23-7-5-15/h2-10H,11-13H2,1H3/b19-9-. The first-order valence-corrected chi connectivity index (χ1v) is 9.95. The molecule has 2 aliphatic rings. The summed E-state index contributed by atoms with van der Waals surface area (Å²) in [6.07, 6.45) is 5.14. The predicted octanol–water partition coefficient (Wildman–Crippen LogP) is 4.42. The van der Waals surface area contributed by atoms with Gasteiger partial charge in [0, 0.05) is 41.5 Å². The van der Waals surface area contributed by atoms with E-state index in [0.717, 1.165) is 35.5 Å². The monoisotopic (exact) mass is 390 g/mol. The number of pyridine rings is 1. The SMILES string of the molecule is Cc1c2c(cc3c1O/C(=C\c1ccncc1)C3=O)CN(Cc1cccs1)CO2. The number of ether oxygens (including phenoxy) is 2. The highest BCUT2D eigenvalue weighted by atomic mass is 32.1. The maximum Gasteiger partial charge on any atom is 0.231 e. The Morgan fingerprint density at radius 2 is 2.11 bits per heavy atom. The second-order valence-electron chi connectivity index (χ2n) is 6.93. The van der Waals surface area contributed by atoms with E-state index in [4.69, 9.17) is 9.47 Å². The Kier molecular flexibility index (Phi) is 4.22. The average molecular weight is 390 g/mol. The molecule has 0 amide bonds. The zero-order valence-electron chi connectivity index (χ0n) is 15.3. The van der Waals surface area contributed by atoms with Gasteiger partial charge in [-0.25, -0.2) is 0 Å². The van der Waals surface area contributed by atoms with Gasteiger partial charge in [-0.2, -0.15) is 0 Å². The van der Waals surface area contributed by atoms with Gasteiger partial charge in [-0.05, 0) is 48.2 Å². The van der Waals surface area contributed by atoms with Gasteiger partial charge >= 0.3 is 0 Å². The summed E-state index contributed by atoms with van der Waals surface area (Å²) >= 11 is 1.74. The van der Waals surface area contributed by atoms with Gasteiger partial charge in [-0.15, -0.1) is 11.3 Å². The molecule has 5 rings (SSSR count). The van der Waals surface area contributed by atoms with E-state index in [1.165, 1.54) is 4.88 Å². The van der Waals surface area contributed by atoms with E-state index < -0.39 is 0 Å². The molecule has 28 heavy (non-hydrogen) atoms. The molecule has 1 aromatic carbocycles. The molecule has 0 unspecified atom stereocenters. The third-order valence-corrected chi connectivity index (χ3v) is 5.83. The minimum atomic E-state index is -0.0897. The molecule has 0 saturated heterocycles. The molecule has 3 aromatic rings. The largest absolute Gasteiger partial charge is 0.477 e. The van der Waals surface area contributed by atoms with E-state index in [2.05, 4.69) is 27.4 Å². The molecule has 140 valence electrons. The van der Waals surface area contributed by atoms with Crippen LogP contribution in [0.2, 0.25) is 0 Å². The number of carbonyl (C=O) groups is 1. The topological polar surface area (TPSA) is 51.7 Å². The number of benzene rings is 1. The van der Waals surface area contributed by atoms with Crippen LogP contribution >= 0.6 is 11.3 Å². The lowest BCUT2D eigenvalue weighted by Gasteiger charge is -2.30. The van der Waals surface area contributed by atoms with Gasteiger partial charge in [0.25, 0.3) is 0 Å². The molecule has 2 aliphatic heterocycles. The second kappa shape index (κ2) is 6.89. The number of hydrogen-bond donors (Lipinski definition) is 0. The molecule has 0 spiro atoms. The Balaban J connectivity index is 1.45. The van der Waals surface area contributed by atoms with Gasteiger partial charge in [0.05, 0.1) is 5.56 Å². The van der Waals surface area contributed by atoms with Crippen LogP contribution in [0.3, 0.4) is 0 Å². The van der Waals surface area contributed by atoms with Gasteiger partial charge < -0.3 is 9.47 Å². The number of aromatic nitrogens is 1. The summed E-state index contributed by atoms with van der Waals surface area (Å²) in [7, 11) is 0. The Morgan fingerprint density at radius 1 is 1.25 bits per heavy atom. The van der Waals surface area contributed by atoms with Gasteiger partial charge in [0.2, 0.25) is 5.78 Å². The molecule has 4 heterocycles. The van der Waals surface area contributed by atoms with Gasteiger partial charge in [-0.3, -0.25) is 14.7 Å². The molecular weight excluding hydrogens is 372 g/mol. The Hall–Kier alpha value is -2.96. The summed E-state index contributed by atoms with van der Waals surface area (Å²) in [6, 6.07) is 9.80. The molecule has 2 aromatic heterocycles. The van der Waals surface area contributed by atoms with Crippen LogP contribution in [0.4, 0.5) is 0 Å². The van der Waals surface area contributed by atoms with Crippen molar-refractivity contribution in [2.75, 3.05) is 6.73 Å². The van der Waals surface area contributed by atoms with Crippen molar-refractivity contribution < 1.29 is 14.3 Å². The maximum atomic E-state index is 12.9. The summed E-state index contributed by atoms with van der Waals surface area (Å²) in [5.41, 5.74) is 3.40. The third-order valence-electron chi connectivity index (χ3n) is 4.97. The number of hydrogen-bond acceptors (Lipinski definition) is 6. The summed E-state index contributed by atoms with van der Waals surface area (Å²) in [6.45, 7) is 4.07. The number of Topliss-reactive ketones (excluding diaryl/α,β-unsaturated/α-hetero) is 1. The van der Waals surface area contributed by atoms with Crippen molar-refractivity contribution in [3.63, 3.8) is 0 Å². The average Bonchev–Trinajstić information content (AvgIpc) is 3.32. The van der Waals surface area contributed by atoms with E-state index in [-0.39, 0.29) is 5.78 Å². The Labute approximate surface area is 166 Å². The molecule has 0 N–H and O–H groups in total. The normalized spacial score (nSPS) is 17.2. The Morgan fingerprint density at radius 3 is 2.89 bits per heavy atom. The second-order valence-corrected chi connectivity index (χ2v) is 7.96. The highest BCUT2D eigenvalue weighted by Crippen LogP contribution is 2.43. The van der Waals surface area contributed by atoms with E-state index in [0.29, 0.717) is 23.8 Å². The van der Waals surface area contributed by atoms with Crippen LogP contribution in [0.1, 0.15) is 31.9 Å². The lowest BCUT2D eigenvalue weighted by molar-refractivity contribution is 0.0886. The van der Waals surface area contributed by atoms with Crippen molar-refractivity contribution in [3.05, 3.63) is 81.0 Å². The summed E-state index contributed by atoms with van der Waals surface area (Å²) < 4.78 is 12.0. The predicted molar refractivity (Wildman–Crippen MR) is 107 cm³/mol. The maximum absolute atomic E-state index is 12.9. The van der Waals surface area contributed by atoms with Gasteiger partial charge in [0.15, 0.2) is 5.76 Å². The van der Waals surface area contributed by atoms with Crippen LogP contribution < -0.4 is 9.47 Å². The first-order chi connectivity index (χ1) is 13.7. The van der Waals surface area contributed by atoms with Crippen LogP contribution in [0, 0.1) is 6.92 Å². The highest BCUT2D eigenvalue weighted by molar-refractivity contribution is 7.09. The summed E-state index contributed by atoms with van der Waals surface area (Å²) in [5, 5.41) is 2.08. The van der Waals surface area contributed by atoms with Crippen molar-refractivity contribution >= 4 is 23.2 Å². The zero-order chi connectivity index (χ0) is 19.1. The summed E-state index contributed by atoms with van der Waals surface area (Å²) in [5.74, 6) is 1.69. The number of fused-ring (bicyclic) bond motifs is 2. The summed E-state index contributed by atoms with van der Waals surface area (Å²) in [4.78, 5) is 20.4. The van der Waals surface area contributed by atoms with Crippen LogP contribution in [0.15, 0.2) is 53.9 Å². The molecule has 0 aliphatic carbocycles. The zero-order valence-corrected chi connectivity index (χ0v) is 16.2. The van der Waals surface area contributed by atoms with Gasteiger partial charge in [-0.1, -0.05) is 6.07 Å². The van der Waals surface area contributed by atoms with E-state index in [1.807, 2.05) is 25.1 Å². The Bertz CT molecular complexity index is 1070. The highest BCUT2D eigenvalue weighted by Gasteiger charge is 2.33. The van der Waals surface area contributed by atoms with Gasteiger partial charge in [0.1, 0.15) is 18.2 Å². The fraction of sp³-hybridized carbons (Fsp3) is 0.182. The van der Waals surface area contributed by atoms with E-state index in [1.54, 1.807) is 29.8 Å². The molecule has 0 bridgehead atoms. The number of carbonyl (C=O) groups excluding carboxylic acids is 1. The van der Waals surface area contributed by atoms with Crippen molar-refractivity contribution in [3.8, 4) is 11.5 Å². The van der Waals surface area contributed by atoms with Crippen LogP contribution in [-0.2, 0) is 13.1 Å². The fourth-order valence-corrected chi connectivity index (χ4v) is 4.38. The lowest BCUT2D eigenvalue weighted by Crippen LogP contribution is -2.31. The third kappa shape index (κ3) is 3.00. The van der Waals surface area contributed by atoms with Crippen molar-refractivity contribution in [1.82, 2.24) is 9.88 Å². The van der Waals surface area contributed by atoms with Crippen molar-refractivity contribution in [2.24, 2.45) is 0 Å². The number of thiophene rings is 1. The molecule has 6 heteroatoms. The minimum absolute atomic E-state index is 0.0897. The van der Waals surface area contributed by atoms with Crippen LogP contribution in [-0.4, -0.2) is 22.4 Å². The smallest absolute Gasteiger partial charge is 0.231 e. The first kappa shape index (κ1) is 17.2. The fourth-order valence-electron chi connectivity index (χ4n) is 3.63. The molecular formula is C22H18N2O3S. The number of rotatable bonds is 3. The first-order valence-electron chi connectivity index (χ1n) is 9.07. The van der Waals surface area contributed by atoms with Crippen molar-refractivity contribution in [1.29, 1.82) is 0 Å². The lowest BCUT2D eigenvalue weighted by atomic mass is 10.00. The molecule has 0 saturated carbocycles. The van der Waals surface area contributed by atoms with E-state index >= 15 is 0 Å². The molecule has 0 atom stereocenters. The minimum Gasteiger partial charge on any atom is -0.477 e. The number of nitrogens with zero attached hydrogens (tertiary/aromatic N) is 2. The van der Waals surface area contributed by atoms with E-state index in [9.17, 15) is 4.79 Å². The molecule has 5 nitrogen and oxygen atoms in total.